The minimum Gasteiger partial charge on any atom is -0.478 e. The van der Waals surface area contributed by atoms with Crippen molar-refractivity contribution >= 4 is 37.2 Å². The van der Waals surface area contributed by atoms with Crippen molar-refractivity contribution < 1.29 is 31.1 Å². The van der Waals surface area contributed by atoms with Gasteiger partial charge in [-0.2, -0.15) is 0 Å². The molecule has 1 aromatic carbocycles. The average molecular weight is 357 g/mol. The van der Waals surface area contributed by atoms with Gasteiger partial charge in [-0.05, 0) is 18.6 Å². The maximum atomic E-state index is 14.1. The lowest BCUT2D eigenvalue weighted by Gasteiger charge is -2.12. The molecule has 0 radical (unpaired) electrons. The first-order valence-electron chi connectivity index (χ1n) is 5.71. The molecule has 0 amide bonds. The van der Waals surface area contributed by atoms with Crippen molar-refractivity contribution in [2.24, 2.45) is 0 Å². The molecule has 21 heavy (non-hydrogen) atoms. The fraction of sp³-hybridized carbons (Fsp3) is 0.364. The van der Waals surface area contributed by atoms with Crippen LogP contribution in [-0.2, 0) is 19.7 Å². The number of aromatic carboxylic acids is 1. The molecule has 1 N–H and O–H groups in total. The van der Waals surface area contributed by atoms with Crippen molar-refractivity contribution in [3.63, 3.8) is 0 Å². The van der Waals surface area contributed by atoms with E-state index < -0.39 is 52.9 Å². The molecule has 1 heterocycles. The smallest absolute Gasteiger partial charge is 0.338 e. The van der Waals surface area contributed by atoms with Crippen LogP contribution in [0.3, 0.4) is 0 Å². The Labute approximate surface area is 125 Å². The Balaban J connectivity index is 2.58. The molecule has 10 heteroatoms. The fourth-order valence-corrected chi connectivity index (χ4v) is 6.86. The molecule has 0 bridgehead atoms. The van der Waals surface area contributed by atoms with Crippen LogP contribution in [0.25, 0.3) is 0 Å². The molecule has 1 fully saturated rings. The highest BCUT2D eigenvalue weighted by molar-refractivity contribution is 7.96. The summed E-state index contributed by atoms with van der Waals surface area (Å²) in [6, 6.07) is 1.59. The molecule has 2 rings (SSSR count). The molecule has 1 aliphatic rings. The van der Waals surface area contributed by atoms with Crippen LogP contribution in [0, 0.1) is 5.82 Å². The Kier molecular flexibility index (Phi) is 4.02. The maximum Gasteiger partial charge on any atom is 0.338 e. The van der Waals surface area contributed by atoms with Crippen LogP contribution in [0.15, 0.2) is 17.0 Å². The first-order valence-corrected chi connectivity index (χ1v) is 9.46. The summed E-state index contributed by atoms with van der Waals surface area (Å²) in [5.41, 5.74) is -0.873. The lowest BCUT2D eigenvalue weighted by atomic mass is 10.2. The third-order valence-electron chi connectivity index (χ3n) is 3.17. The number of carboxylic acids is 1. The van der Waals surface area contributed by atoms with Gasteiger partial charge in [0.2, 0.25) is 0 Å². The third kappa shape index (κ3) is 3.04. The Morgan fingerprint density at radius 2 is 2.00 bits per heavy atom. The van der Waals surface area contributed by atoms with Crippen LogP contribution in [0.1, 0.15) is 16.8 Å². The zero-order chi connectivity index (χ0) is 16.0. The minimum absolute atomic E-state index is 0.154. The van der Waals surface area contributed by atoms with Gasteiger partial charge < -0.3 is 5.11 Å². The molecule has 1 aromatic rings. The second-order valence-electron chi connectivity index (χ2n) is 4.64. The van der Waals surface area contributed by atoms with E-state index in [4.69, 9.17) is 16.7 Å². The molecular weight excluding hydrogens is 347 g/mol. The zero-order valence-electron chi connectivity index (χ0n) is 10.4. The summed E-state index contributed by atoms with van der Waals surface area (Å²) in [6.07, 6.45) is -0.154. The molecule has 1 aliphatic heterocycles. The Morgan fingerprint density at radius 3 is 2.48 bits per heavy atom. The number of carboxylic acid groups (broad SMARTS) is 1. The quantitative estimate of drug-likeness (QED) is 0.870. The van der Waals surface area contributed by atoms with E-state index in [0.29, 0.717) is 0 Å². The van der Waals surface area contributed by atoms with E-state index in [0.717, 1.165) is 12.1 Å². The average Bonchev–Trinajstić information content (AvgIpc) is 2.72. The van der Waals surface area contributed by atoms with Crippen LogP contribution in [-0.4, -0.2) is 44.7 Å². The molecule has 0 spiro atoms. The monoisotopic (exact) mass is 356 g/mol. The van der Waals surface area contributed by atoms with E-state index in [9.17, 15) is 26.0 Å². The van der Waals surface area contributed by atoms with Gasteiger partial charge in [0.15, 0.2) is 25.5 Å². The number of hydrogen-bond acceptors (Lipinski definition) is 5. The van der Waals surface area contributed by atoms with Crippen LogP contribution in [0.2, 0.25) is 5.02 Å². The topological polar surface area (TPSA) is 106 Å². The van der Waals surface area contributed by atoms with E-state index in [2.05, 4.69) is 0 Å². The molecular formula is C11H10ClFO6S2. The van der Waals surface area contributed by atoms with Crippen molar-refractivity contribution in [2.45, 2.75) is 16.6 Å². The largest absolute Gasteiger partial charge is 0.478 e. The van der Waals surface area contributed by atoms with Gasteiger partial charge in [-0.15, -0.1) is 0 Å². The molecule has 0 saturated carbocycles. The molecule has 1 atom stereocenters. The molecule has 0 aromatic heterocycles. The Bertz CT molecular complexity index is 815. The van der Waals surface area contributed by atoms with E-state index in [1.165, 1.54) is 0 Å². The van der Waals surface area contributed by atoms with Gasteiger partial charge in [-0.1, -0.05) is 11.6 Å². The van der Waals surface area contributed by atoms with Crippen molar-refractivity contribution in [2.75, 3.05) is 11.5 Å². The van der Waals surface area contributed by atoms with Crippen molar-refractivity contribution in [1.82, 2.24) is 0 Å². The molecule has 1 saturated heterocycles. The number of halogens is 2. The first-order chi connectivity index (χ1) is 9.54. The molecule has 116 valence electrons. The van der Waals surface area contributed by atoms with Gasteiger partial charge >= 0.3 is 5.97 Å². The van der Waals surface area contributed by atoms with E-state index in [1.807, 2.05) is 0 Å². The van der Waals surface area contributed by atoms with E-state index in [-0.39, 0.29) is 17.2 Å². The highest BCUT2D eigenvalue weighted by Crippen LogP contribution is 2.30. The normalized spacial score (nSPS) is 21.3. The van der Waals surface area contributed by atoms with Crippen molar-refractivity contribution in [3.8, 4) is 0 Å². The van der Waals surface area contributed by atoms with Crippen molar-refractivity contribution in [1.29, 1.82) is 0 Å². The minimum atomic E-state index is -4.32. The molecule has 6 nitrogen and oxygen atoms in total. The predicted octanol–water partition coefficient (Wildman–Crippen LogP) is 1.14. The fourth-order valence-electron chi connectivity index (χ4n) is 2.11. The summed E-state index contributed by atoms with van der Waals surface area (Å²) in [7, 11) is -7.81. The van der Waals surface area contributed by atoms with Gasteiger partial charge in [-0.3, -0.25) is 0 Å². The highest BCUT2D eigenvalue weighted by Gasteiger charge is 2.40. The second-order valence-corrected chi connectivity index (χ2v) is 9.50. The van der Waals surface area contributed by atoms with Crippen LogP contribution < -0.4 is 0 Å². The molecule has 0 aliphatic carbocycles. The summed E-state index contributed by atoms with van der Waals surface area (Å²) in [4.78, 5) is 10.0. The second kappa shape index (κ2) is 5.22. The summed E-state index contributed by atoms with van der Waals surface area (Å²) in [5.74, 6) is -4.00. The summed E-state index contributed by atoms with van der Waals surface area (Å²) in [6.45, 7) is 0. The molecule has 1 unspecified atom stereocenters. The number of carbonyl (C=O) groups is 1. The standard InChI is InChI=1S/C11H10ClFO6S2/c12-6-3-8(11(14)15)10(13)9(4-6)21(18,19)7-1-2-20(16,17)5-7/h3-4,7H,1-2,5H2,(H,14,15). The van der Waals surface area contributed by atoms with Gasteiger partial charge in [0.05, 0.1) is 22.3 Å². The highest BCUT2D eigenvalue weighted by atomic mass is 35.5. The number of sulfone groups is 2. The van der Waals surface area contributed by atoms with Crippen molar-refractivity contribution in [3.05, 3.63) is 28.5 Å². The van der Waals surface area contributed by atoms with Gasteiger partial charge in [-0.25, -0.2) is 26.0 Å². The zero-order valence-corrected chi connectivity index (χ0v) is 12.8. The lowest BCUT2D eigenvalue weighted by molar-refractivity contribution is 0.0691. The lowest BCUT2D eigenvalue weighted by Crippen LogP contribution is -2.24. The van der Waals surface area contributed by atoms with Crippen LogP contribution in [0.5, 0.6) is 0 Å². The summed E-state index contributed by atoms with van der Waals surface area (Å²) in [5, 5.41) is 7.29. The summed E-state index contributed by atoms with van der Waals surface area (Å²) < 4.78 is 61.4. The van der Waals surface area contributed by atoms with Gasteiger partial charge in [0.25, 0.3) is 0 Å². The predicted molar refractivity (Wildman–Crippen MR) is 72.6 cm³/mol. The van der Waals surface area contributed by atoms with Gasteiger partial charge in [0, 0.05) is 5.02 Å². The maximum absolute atomic E-state index is 14.1. The van der Waals surface area contributed by atoms with Gasteiger partial charge in [0.1, 0.15) is 4.90 Å². The number of rotatable bonds is 3. The Morgan fingerprint density at radius 1 is 1.38 bits per heavy atom. The first kappa shape index (κ1) is 16.2. The van der Waals surface area contributed by atoms with Crippen LogP contribution >= 0.6 is 11.6 Å². The Hall–Kier alpha value is -1.19. The number of benzene rings is 1. The summed E-state index contributed by atoms with van der Waals surface area (Å²) >= 11 is 5.62. The SMILES string of the molecule is O=C(O)c1cc(Cl)cc(S(=O)(=O)C2CCS(=O)(=O)C2)c1F. The van der Waals surface area contributed by atoms with Crippen LogP contribution in [0.4, 0.5) is 4.39 Å². The van der Waals surface area contributed by atoms with E-state index in [1.54, 1.807) is 0 Å². The number of hydrogen-bond donors (Lipinski definition) is 1. The van der Waals surface area contributed by atoms with E-state index >= 15 is 0 Å². The third-order valence-corrected chi connectivity index (χ3v) is 7.56.